The van der Waals surface area contributed by atoms with E-state index in [1.165, 1.54) is 21.7 Å². The number of nitriles is 1. The van der Waals surface area contributed by atoms with Gasteiger partial charge in [0.05, 0.1) is 34.6 Å². The van der Waals surface area contributed by atoms with E-state index < -0.39 is 0 Å². The largest absolute Gasteiger partial charge is 0.490 e. The lowest BCUT2D eigenvalue weighted by molar-refractivity contribution is -0.0705. The molecule has 3 fully saturated rings. The van der Waals surface area contributed by atoms with Crippen LogP contribution in [-0.2, 0) is 4.74 Å². The number of benzene rings is 2. The molecule has 3 aliphatic heterocycles. The minimum Gasteiger partial charge on any atom is -0.490 e. The van der Waals surface area contributed by atoms with E-state index in [2.05, 4.69) is 91.2 Å². The SMILES string of the molecule is Cc1sc2c(c1C)C(c1ccc(N3CCOC4(CCN(c5ccc(C(=O)NC6CCC(Oc7ccc(C#N)c(Cl)c7)CC6)nn5)CC4)C3)cc1)=N[C@@H](C)c1nnc(C)n1-2. The number of carbonyl (C=O) groups excluding carboxylic acids is 1. The average Bonchev–Trinajstić information content (AvgIpc) is 3.74. The van der Waals surface area contributed by atoms with Crippen molar-refractivity contribution < 1.29 is 14.3 Å². The van der Waals surface area contributed by atoms with E-state index in [4.69, 9.17) is 31.3 Å². The van der Waals surface area contributed by atoms with Crippen molar-refractivity contribution in [3.63, 3.8) is 0 Å². The molecular formula is C44H47ClN10O3S. The Kier molecular flexibility index (Phi) is 10.6. The number of amides is 1. The number of rotatable bonds is 7. The van der Waals surface area contributed by atoms with Gasteiger partial charge in [0.25, 0.3) is 5.91 Å². The highest BCUT2D eigenvalue weighted by Crippen LogP contribution is 2.39. The van der Waals surface area contributed by atoms with E-state index in [1.807, 2.05) is 13.0 Å². The topological polar surface area (TPSA) is 147 Å². The number of hydrogen-bond donors (Lipinski definition) is 1. The van der Waals surface area contributed by atoms with Gasteiger partial charge in [0.15, 0.2) is 17.3 Å². The molecule has 2 saturated heterocycles. The van der Waals surface area contributed by atoms with Gasteiger partial charge < -0.3 is 24.6 Å². The van der Waals surface area contributed by atoms with Gasteiger partial charge in [0.2, 0.25) is 0 Å². The van der Waals surface area contributed by atoms with E-state index in [-0.39, 0.29) is 29.7 Å². The third-order valence-electron chi connectivity index (χ3n) is 12.4. The molecule has 0 radical (unpaired) electrons. The molecule has 6 heterocycles. The van der Waals surface area contributed by atoms with Crippen LogP contribution in [0.5, 0.6) is 5.75 Å². The van der Waals surface area contributed by atoms with Crippen molar-refractivity contribution in [3.05, 3.63) is 104 Å². The third kappa shape index (κ3) is 7.67. The Morgan fingerprint density at radius 3 is 2.46 bits per heavy atom. The molecule has 15 heteroatoms. The maximum atomic E-state index is 13.1. The standard InChI is InChI=1S/C44H47ClN10O3S/c1-26-28(3)59-43-39(26)40(47-27(2)41-52-49-29(4)55(41)43)30-5-10-33(11-6-30)54-21-22-57-44(25-54)17-19-53(20-18-44)38-16-15-37(50-51-38)42(56)48-32-8-13-34(14-9-32)58-35-12-7-31(24-46)36(45)23-35/h5-7,10-12,15-16,23,27,32,34H,8-9,13-14,17-22,25H2,1-4H3,(H,48,56)/t27-,32?,34?/m0/s1. The molecule has 1 saturated carbocycles. The molecule has 1 atom stereocenters. The van der Waals surface area contributed by atoms with Crippen LogP contribution in [0.1, 0.15) is 101 Å². The first-order valence-corrected chi connectivity index (χ1v) is 21.6. The summed E-state index contributed by atoms with van der Waals surface area (Å²) in [4.78, 5) is 24.3. The number of carbonyl (C=O) groups is 1. The molecule has 1 N–H and O–H groups in total. The summed E-state index contributed by atoms with van der Waals surface area (Å²) < 4.78 is 14.8. The van der Waals surface area contributed by atoms with Crippen LogP contribution in [0.25, 0.3) is 5.00 Å². The summed E-state index contributed by atoms with van der Waals surface area (Å²) in [5.41, 5.74) is 6.20. The summed E-state index contributed by atoms with van der Waals surface area (Å²) in [6.07, 6.45) is 4.96. The highest BCUT2D eigenvalue weighted by Gasteiger charge is 2.40. The smallest absolute Gasteiger partial charge is 0.272 e. The van der Waals surface area contributed by atoms with Gasteiger partial charge in [-0.3, -0.25) is 14.4 Å². The zero-order valence-electron chi connectivity index (χ0n) is 33.7. The van der Waals surface area contributed by atoms with Gasteiger partial charge in [0.1, 0.15) is 28.7 Å². The molecule has 9 rings (SSSR count). The van der Waals surface area contributed by atoms with E-state index in [0.717, 1.165) is 98.4 Å². The van der Waals surface area contributed by atoms with Crippen LogP contribution in [0, 0.1) is 32.1 Å². The molecule has 13 nitrogen and oxygen atoms in total. The molecule has 5 aromatic rings. The summed E-state index contributed by atoms with van der Waals surface area (Å²) in [6.45, 7) is 12.4. The number of aliphatic imine (C=N–C) groups is 1. The van der Waals surface area contributed by atoms with Gasteiger partial charge in [-0.15, -0.1) is 31.7 Å². The van der Waals surface area contributed by atoms with E-state index >= 15 is 0 Å². The molecule has 304 valence electrons. The first-order valence-electron chi connectivity index (χ1n) is 20.4. The molecule has 3 aromatic heterocycles. The Hall–Kier alpha value is -5.36. The number of piperidine rings is 1. The highest BCUT2D eigenvalue weighted by atomic mass is 35.5. The van der Waals surface area contributed by atoms with Gasteiger partial charge in [-0.2, -0.15) is 5.26 Å². The van der Waals surface area contributed by atoms with Crippen molar-refractivity contribution in [2.24, 2.45) is 4.99 Å². The number of aromatic nitrogens is 5. The number of nitrogens with zero attached hydrogens (tertiary/aromatic N) is 9. The van der Waals surface area contributed by atoms with Crippen molar-refractivity contribution in [3.8, 4) is 16.8 Å². The Morgan fingerprint density at radius 2 is 1.75 bits per heavy atom. The minimum atomic E-state index is -0.243. The van der Waals surface area contributed by atoms with Crippen molar-refractivity contribution in [1.29, 1.82) is 5.26 Å². The number of anilines is 2. The van der Waals surface area contributed by atoms with Crippen LogP contribution in [0.2, 0.25) is 5.02 Å². The molecule has 0 unspecified atom stereocenters. The molecule has 4 aliphatic rings. The molecule has 1 spiro atoms. The molecule has 2 aromatic carbocycles. The summed E-state index contributed by atoms with van der Waals surface area (Å²) in [5.74, 6) is 2.96. The molecule has 0 bridgehead atoms. The van der Waals surface area contributed by atoms with Gasteiger partial charge in [0, 0.05) is 60.0 Å². The van der Waals surface area contributed by atoms with E-state index in [9.17, 15) is 4.79 Å². The second kappa shape index (κ2) is 16.0. The Balaban J connectivity index is 0.785. The van der Waals surface area contributed by atoms with Crippen LogP contribution >= 0.6 is 22.9 Å². The summed E-state index contributed by atoms with van der Waals surface area (Å²) in [6, 6.07) is 19.6. The summed E-state index contributed by atoms with van der Waals surface area (Å²) in [7, 11) is 0. The van der Waals surface area contributed by atoms with Crippen molar-refractivity contribution >= 4 is 46.1 Å². The van der Waals surface area contributed by atoms with Gasteiger partial charge in [-0.05, 0) is 108 Å². The predicted octanol–water partition coefficient (Wildman–Crippen LogP) is 7.48. The van der Waals surface area contributed by atoms with E-state index in [1.54, 1.807) is 35.6 Å². The second-order valence-electron chi connectivity index (χ2n) is 16.1. The third-order valence-corrected chi connectivity index (χ3v) is 13.9. The lowest BCUT2D eigenvalue weighted by Crippen LogP contribution is -2.57. The number of fused-ring (bicyclic) bond motifs is 3. The summed E-state index contributed by atoms with van der Waals surface area (Å²) in [5, 5.41) is 31.5. The number of aryl methyl sites for hydroxylation is 2. The number of hydrogen-bond acceptors (Lipinski definition) is 12. The van der Waals surface area contributed by atoms with Crippen LogP contribution in [-0.4, -0.2) is 87.1 Å². The maximum Gasteiger partial charge on any atom is 0.272 e. The van der Waals surface area contributed by atoms with Crippen LogP contribution in [0.3, 0.4) is 0 Å². The molecular weight excluding hydrogens is 784 g/mol. The fraction of sp³-hybridized carbons (Fsp3) is 0.432. The second-order valence-corrected chi connectivity index (χ2v) is 17.8. The average molecular weight is 831 g/mol. The zero-order chi connectivity index (χ0) is 40.8. The number of halogens is 1. The maximum absolute atomic E-state index is 13.1. The zero-order valence-corrected chi connectivity index (χ0v) is 35.3. The Bertz CT molecular complexity index is 2440. The fourth-order valence-corrected chi connectivity index (χ4v) is 10.3. The lowest BCUT2D eigenvalue weighted by atomic mass is 9.89. The van der Waals surface area contributed by atoms with Crippen LogP contribution < -0.4 is 19.9 Å². The predicted molar refractivity (Wildman–Crippen MR) is 229 cm³/mol. The number of nitrogens with one attached hydrogen (secondary N) is 1. The number of ether oxygens (including phenoxy) is 2. The van der Waals surface area contributed by atoms with Gasteiger partial charge >= 0.3 is 0 Å². The van der Waals surface area contributed by atoms with Crippen LogP contribution in [0.4, 0.5) is 11.5 Å². The first-order chi connectivity index (χ1) is 28.6. The van der Waals surface area contributed by atoms with E-state index in [0.29, 0.717) is 28.6 Å². The fourth-order valence-electron chi connectivity index (χ4n) is 8.87. The molecule has 1 aliphatic carbocycles. The minimum absolute atomic E-state index is 0.0281. The van der Waals surface area contributed by atoms with Crippen molar-refractivity contribution in [2.45, 2.75) is 90.0 Å². The van der Waals surface area contributed by atoms with Crippen molar-refractivity contribution in [1.82, 2.24) is 30.3 Å². The first kappa shape index (κ1) is 39.1. The Labute approximate surface area is 353 Å². The van der Waals surface area contributed by atoms with Crippen molar-refractivity contribution in [2.75, 3.05) is 42.6 Å². The molecule has 1 amide bonds. The summed E-state index contributed by atoms with van der Waals surface area (Å²) >= 11 is 7.95. The Morgan fingerprint density at radius 1 is 0.966 bits per heavy atom. The van der Waals surface area contributed by atoms with Gasteiger partial charge in [-0.25, -0.2) is 0 Å². The quantitative estimate of drug-likeness (QED) is 0.175. The van der Waals surface area contributed by atoms with Gasteiger partial charge in [-0.1, -0.05) is 23.7 Å². The number of thiophene rings is 1. The molecule has 59 heavy (non-hydrogen) atoms. The van der Waals surface area contributed by atoms with Crippen LogP contribution in [0.15, 0.2) is 59.6 Å². The normalized spacial score (nSPS) is 21.2. The lowest BCUT2D eigenvalue weighted by Gasteiger charge is -2.48. The monoisotopic (exact) mass is 830 g/mol. The highest BCUT2D eigenvalue weighted by molar-refractivity contribution is 7.15. The number of morpholine rings is 1.